The van der Waals surface area contributed by atoms with Crippen LogP contribution < -0.4 is 11.3 Å². The predicted molar refractivity (Wildman–Crippen MR) is 52.2 cm³/mol. The summed E-state index contributed by atoms with van der Waals surface area (Å²) in [6.07, 6.45) is -2.55. The van der Waals surface area contributed by atoms with E-state index in [2.05, 4.69) is 0 Å². The maximum absolute atomic E-state index is 12.4. The van der Waals surface area contributed by atoms with Gasteiger partial charge in [-0.05, 0) is 19.3 Å². The lowest BCUT2D eigenvalue weighted by molar-refractivity contribution is -0.156. The predicted octanol–water partition coefficient (Wildman–Crippen LogP) is 0.782. The molecule has 0 radical (unpaired) electrons. The van der Waals surface area contributed by atoms with Crippen LogP contribution in [-0.2, 0) is 4.79 Å². The topological polar surface area (TPSA) is 58.4 Å². The van der Waals surface area contributed by atoms with Gasteiger partial charge in [-0.2, -0.15) is 13.2 Å². The molecule has 94 valence electrons. The molecule has 1 rings (SSSR count). The summed E-state index contributed by atoms with van der Waals surface area (Å²) in [5, 5.41) is 0. The molecule has 0 saturated heterocycles. The number of carbonyl (C=O) groups excluding carboxylic acids is 1. The molecule has 0 aromatic rings. The Labute approximate surface area is 91.9 Å². The third-order valence-corrected chi connectivity index (χ3v) is 2.61. The summed E-state index contributed by atoms with van der Waals surface area (Å²) in [4.78, 5) is 12.6. The minimum atomic E-state index is -4.29. The Morgan fingerprint density at radius 3 is 2.44 bits per heavy atom. The van der Waals surface area contributed by atoms with E-state index >= 15 is 0 Å². The zero-order valence-electron chi connectivity index (χ0n) is 9.05. The van der Waals surface area contributed by atoms with Gasteiger partial charge in [0.05, 0.1) is 12.6 Å². The van der Waals surface area contributed by atoms with Crippen molar-refractivity contribution in [1.82, 2.24) is 10.3 Å². The Hall–Kier alpha value is -0.820. The monoisotopic (exact) mass is 239 g/mol. The Morgan fingerprint density at radius 2 is 2.12 bits per heavy atom. The van der Waals surface area contributed by atoms with Gasteiger partial charge in [-0.15, -0.1) is 0 Å². The molecule has 1 amide bonds. The summed E-state index contributed by atoms with van der Waals surface area (Å²) in [5.41, 5.74) is 1.92. The lowest BCUT2D eigenvalue weighted by Gasteiger charge is -2.30. The van der Waals surface area contributed by atoms with Gasteiger partial charge in [-0.3, -0.25) is 15.1 Å². The van der Waals surface area contributed by atoms with Gasteiger partial charge in [-0.25, -0.2) is 5.84 Å². The summed E-state index contributed by atoms with van der Waals surface area (Å²) in [7, 11) is 0. The van der Waals surface area contributed by atoms with E-state index in [4.69, 9.17) is 5.84 Å². The second-order valence-corrected chi connectivity index (χ2v) is 3.95. The Balaban J connectivity index is 2.70. The van der Waals surface area contributed by atoms with E-state index in [0.29, 0.717) is 19.3 Å². The molecule has 1 saturated carbocycles. The molecule has 1 atom stereocenters. The first-order valence-electron chi connectivity index (χ1n) is 5.22. The number of hydrazine groups is 1. The number of nitrogens with one attached hydrogen (secondary N) is 1. The first-order chi connectivity index (χ1) is 7.39. The van der Waals surface area contributed by atoms with Crippen molar-refractivity contribution >= 4 is 5.91 Å². The molecule has 7 heteroatoms. The van der Waals surface area contributed by atoms with Crippen LogP contribution >= 0.6 is 0 Å². The Kier molecular flexibility index (Phi) is 4.15. The van der Waals surface area contributed by atoms with E-state index in [0.717, 1.165) is 0 Å². The van der Waals surface area contributed by atoms with E-state index in [9.17, 15) is 18.0 Å². The fourth-order valence-corrected chi connectivity index (χ4v) is 1.77. The summed E-state index contributed by atoms with van der Waals surface area (Å²) >= 11 is 0. The Morgan fingerprint density at radius 1 is 1.56 bits per heavy atom. The molecule has 0 bridgehead atoms. The van der Waals surface area contributed by atoms with Crippen LogP contribution in [0.25, 0.3) is 0 Å². The molecule has 1 unspecified atom stereocenters. The van der Waals surface area contributed by atoms with Crippen molar-refractivity contribution in [3.63, 3.8) is 0 Å². The van der Waals surface area contributed by atoms with Crippen molar-refractivity contribution in [2.24, 2.45) is 5.84 Å². The number of nitrogens with zero attached hydrogens (tertiary/aromatic N) is 1. The molecule has 1 aliphatic rings. The average Bonchev–Trinajstić information content (AvgIpc) is 2.98. The molecule has 4 nitrogen and oxygen atoms in total. The second kappa shape index (κ2) is 5.01. The molecule has 16 heavy (non-hydrogen) atoms. The van der Waals surface area contributed by atoms with Crippen molar-refractivity contribution in [2.45, 2.75) is 44.4 Å². The Bertz CT molecular complexity index is 253. The van der Waals surface area contributed by atoms with Crippen molar-refractivity contribution < 1.29 is 18.0 Å². The smallest absolute Gasteiger partial charge is 0.293 e. The van der Waals surface area contributed by atoms with Gasteiger partial charge in [0, 0.05) is 6.04 Å². The maximum Gasteiger partial charge on any atom is 0.401 e. The molecule has 1 aliphatic carbocycles. The normalized spacial score (nSPS) is 18.6. The highest BCUT2D eigenvalue weighted by atomic mass is 19.4. The summed E-state index contributed by atoms with van der Waals surface area (Å²) < 4.78 is 37.1. The highest BCUT2D eigenvalue weighted by molar-refractivity contribution is 5.81. The quantitative estimate of drug-likeness (QED) is 0.423. The number of hydrogen-bond donors (Lipinski definition) is 2. The first kappa shape index (κ1) is 13.2. The van der Waals surface area contributed by atoms with E-state index < -0.39 is 24.7 Å². The van der Waals surface area contributed by atoms with E-state index in [1.807, 2.05) is 5.43 Å². The highest BCUT2D eigenvalue weighted by Crippen LogP contribution is 2.32. The van der Waals surface area contributed by atoms with Gasteiger partial charge in [0.1, 0.15) is 0 Å². The van der Waals surface area contributed by atoms with Crippen LogP contribution in [0, 0.1) is 0 Å². The van der Waals surface area contributed by atoms with Gasteiger partial charge < -0.3 is 0 Å². The fourth-order valence-electron chi connectivity index (χ4n) is 1.77. The van der Waals surface area contributed by atoms with E-state index in [-0.39, 0.29) is 6.04 Å². The largest absolute Gasteiger partial charge is 0.401 e. The van der Waals surface area contributed by atoms with Crippen LogP contribution in [0.5, 0.6) is 0 Å². The van der Waals surface area contributed by atoms with Crippen LogP contribution in [0.3, 0.4) is 0 Å². The van der Waals surface area contributed by atoms with E-state index in [1.165, 1.54) is 4.90 Å². The summed E-state index contributed by atoms with van der Waals surface area (Å²) in [6.45, 7) is 0.620. The van der Waals surface area contributed by atoms with Gasteiger partial charge in [0.15, 0.2) is 0 Å². The lowest BCUT2D eigenvalue weighted by atomic mass is 10.1. The zero-order chi connectivity index (χ0) is 12.3. The molecule has 3 N–H and O–H groups in total. The summed E-state index contributed by atoms with van der Waals surface area (Å²) in [5.74, 6) is 4.41. The summed E-state index contributed by atoms with van der Waals surface area (Å²) in [6, 6.07) is -0.928. The standard InChI is InChI=1S/C9H16F3N3O/c1-2-7(8(16)14-13)15(6-3-4-6)5-9(10,11)12/h6-7H,2-5,13H2,1H3,(H,14,16). The van der Waals surface area contributed by atoms with Gasteiger partial charge in [0.25, 0.3) is 5.91 Å². The average molecular weight is 239 g/mol. The van der Waals surface area contributed by atoms with Crippen LogP contribution in [0.2, 0.25) is 0 Å². The zero-order valence-corrected chi connectivity index (χ0v) is 9.05. The lowest BCUT2D eigenvalue weighted by Crippen LogP contribution is -2.52. The van der Waals surface area contributed by atoms with Crippen molar-refractivity contribution in [2.75, 3.05) is 6.54 Å². The number of halogens is 3. The first-order valence-corrected chi connectivity index (χ1v) is 5.22. The minimum absolute atomic E-state index is 0.135. The SMILES string of the molecule is CCC(C(=O)NN)N(CC(F)(F)F)C1CC1. The third-order valence-electron chi connectivity index (χ3n) is 2.61. The van der Waals surface area contributed by atoms with Crippen molar-refractivity contribution in [1.29, 1.82) is 0 Å². The third kappa shape index (κ3) is 3.64. The number of amides is 1. The van der Waals surface area contributed by atoms with Crippen LogP contribution in [0.15, 0.2) is 0 Å². The van der Waals surface area contributed by atoms with Crippen LogP contribution in [-0.4, -0.2) is 35.6 Å². The molecular formula is C9H16F3N3O. The fraction of sp³-hybridized carbons (Fsp3) is 0.889. The second-order valence-electron chi connectivity index (χ2n) is 3.95. The molecule has 0 aromatic carbocycles. The molecular weight excluding hydrogens is 223 g/mol. The molecule has 0 aliphatic heterocycles. The number of carbonyl (C=O) groups is 1. The number of hydrogen-bond acceptors (Lipinski definition) is 3. The maximum atomic E-state index is 12.4. The van der Waals surface area contributed by atoms with Gasteiger partial charge in [0.2, 0.25) is 0 Å². The molecule has 1 fully saturated rings. The van der Waals surface area contributed by atoms with Crippen molar-refractivity contribution in [3.05, 3.63) is 0 Å². The van der Waals surface area contributed by atoms with E-state index in [1.54, 1.807) is 6.92 Å². The molecule has 0 heterocycles. The van der Waals surface area contributed by atoms with Crippen LogP contribution in [0.1, 0.15) is 26.2 Å². The van der Waals surface area contributed by atoms with Crippen LogP contribution in [0.4, 0.5) is 13.2 Å². The highest BCUT2D eigenvalue weighted by Gasteiger charge is 2.42. The van der Waals surface area contributed by atoms with Crippen molar-refractivity contribution in [3.8, 4) is 0 Å². The van der Waals surface area contributed by atoms with Gasteiger partial charge in [-0.1, -0.05) is 6.92 Å². The number of rotatable bonds is 5. The minimum Gasteiger partial charge on any atom is -0.293 e. The van der Waals surface area contributed by atoms with Gasteiger partial charge >= 0.3 is 6.18 Å². The molecule has 0 spiro atoms. The number of nitrogens with two attached hydrogens (primary N) is 1. The molecule has 0 aromatic heterocycles. The number of alkyl halides is 3.